The zero-order chi connectivity index (χ0) is 14.2. The zero-order valence-electron chi connectivity index (χ0n) is 13.0. The van der Waals surface area contributed by atoms with Crippen LogP contribution in [0.3, 0.4) is 0 Å². The van der Waals surface area contributed by atoms with Crippen LogP contribution >= 0.6 is 0 Å². The second kappa shape index (κ2) is 5.50. The van der Waals surface area contributed by atoms with E-state index in [4.69, 9.17) is 4.74 Å². The van der Waals surface area contributed by atoms with Gasteiger partial charge < -0.3 is 10.1 Å². The van der Waals surface area contributed by atoms with Crippen molar-refractivity contribution < 1.29 is 4.74 Å². The van der Waals surface area contributed by atoms with E-state index in [2.05, 4.69) is 50.4 Å². The molecule has 3 rings (SSSR count). The molecule has 20 heavy (non-hydrogen) atoms. The van der Waals surface area contributed by atoms with Gasteiger partial charge >= 0.3 is 0 Å². The van der Waals surface area contributed by atoms with E-state index in [1.807, 2.05) is 0 Å². The summed E-state index contributed by atoms with van der Waals surface area (Å²) in [7, 11) is 0. The largest absolute Gasteiger partial charge is 0.378 e. The maximum atomic E-state index is 5.94. The van der Waals surface area contributed by atoms with Crippen LogP contribution in [0.25, 0.3) is 0 Å². The van der Waals surface area contributed by atoms with E-state index in [-0.39, 0.29) is 0 Å². The smallest absolute Gasteiger partial charge is 0.0661 e. The first-order chi connectivity index (χ1) is 9.67. The minimum absolute atomic E-state index is 0.432. The lowest BCUT2D eigenvalue weighted by Crippen LogP contribution is -2.67. The normalized spacial score (nSPS) is 28.8. The van der Waals surface area contributed by atoms with E-state index >= 15 is 0 Å². The van der Waals surface area contributed by atoms with E-state index in [1.165, 1.54) is 36.8 Å². The lowest BCUT2D eigenvalue weighted by atomic mass is 9.51. The van der Waals surface area contributed by atoms with E-state index < -0.39 is 0 Å². The van der Waals surface area contributed by atoms with E-state index in [1.54, 1.807) is 0 Å². The molecule has 0 amide bonds. The number of hydrogen-bond donors (Lipinski definition) is 1. The fourth-order valence-corrected chi connectivity index (χ4v) is 4.14. The average Bonchev–Trinajstić information content (AvgIpc) is 2.35. The van der Waals surface area contributed by atoms with Crippen LogP contribution < -0.4 is 5.32 Å². The third kappa shape index (κ3) is 2.19. The van der Waals surface area contributed by atoms with Gasteiger partial charge in [-0.2, -0.15) is 0 Å². The Hall–Kier alpha value is -0.860. The summed E-state index contributed by atoms with van der Waals surface area (Å²) in [5.41, 5.74) is 3.27. The number of ether oxygens (including phenoxy) is 1. The molecule has 0 saturated heterocycles. The minimum Gasteiger partial charge on any atom is -0.378 e. The summed E-state index contributed by atoms with van der Waals surface area (Å²) < 4.78 is 5.94. The molecule has 0 bridgehead atoms. The first-order valence-electron chi connectivity index (χ1n) is 8.10. The molecule has 2 saturated carbocycles. The number of aryl methyl sites for hydroxylation is 1. The Balaban J connectivity index is 1.66. The lowest BCUT2D eigenvalue weighted by Gasteiger charge is -2.61. The molecule has 3 atom stereocenters. The van der Waals surface area contributed by atoms with Crippen LogP contribution in [-0.2, 0) is 4.74 Å². The van der Waals surface area contributed by atoms with Gasteiger partial charge in [0, 0.05) is 24.1 Å². The molecule has 3 unspecified atom stereocenters. The van der Waals surface area contributed by atoms with Crippen molar-refractivity contribution in [2.24, 2.45) is 5.41 Å². The summed E-state index contributed by atoms with van der Waals surface area (Å²) in [6.45, 7) is 7.47. The Morgan fingerprint density at radius 1 is 1.35 bits per heavy atom. The highest BCUT2D eigenvalue weighted by Crippen LogP contribution is 2.57. The molecule has 0 radical (unpaired) electrons. The molecular formula is C18H27NO. The van der Waals surface area contributed by atoms with Crippen LogP contribution in [0.15, 0.2) is 24.3 Å². The van der Waals surface area contributed by atoms with E-state index in [9.17, 15) is 0 Å². The minimum atomic E-state index is 0.432. The average molecular weight is 273 g/mol. The second-order valence-electron chi connectivity index (χ2n) is 6.56. The van der Waals surface area contributed by atoms with Gasteiger partial charge in [0.1, 0.15) is 0 Å². The Morgan fingerprint density at radius 2 is 2.10 bits per heavy atom. The van der Waals surface area contributed by atoms with Crippen molar-refractivity contribution in [2.45, 2.75) is 64.6 Å². The van der Waals surface area contributed by atoms with Crippen molar-refractivity contribution in [1.82, 2.24) is 5.32 Å². The number of benzene rings is 1. The third-order valence-electron chi connectivity index (χ3n) is 5.54. The first-order valence-corrected chi connectivity index (χ1v) is 8.10. The Bertz CT molecular complexity index is 466. The predicted molar refractivity (Wildman–Crippen MR) is 82.8 cm³/mol. The summed E-state index contributed by atoms with van der Waals surface area (Å²) in [4.78, 5) is 0. The highest BCUT2D eigenvalue weighted by molar-refractivity contribution is 5.29. The Morgan fingerprint density at radius 3 is 2.70 bits per heavy atom. The van der Waals surface area contributed by atoms with Crippen LogP contribution in [0.4, 0.5) is 0 Å². The van der Waals surface area contributed by atoms with Crippen molar-refractivity contribution in [3.8, 4) is 0 Å². The van der Waals surface area contributed by atoms with Gasteiger partial charge in [-0.05, 0) is 51.2 Å². The van der Waals surface area contributed by atoms with Crippen LogP contribution in [-0.4, -0.2) is 18.8 Å². The number of nitrogens with one attached hydrogen (secondary N) is 1. The maximum Gasteiger partial charge on any atom is 0.0661 e. The van der Waals surface area contributed by atoms with Crippen LogP contribution in [0.1, 0.15) is 56.7 Å². The van der Waals surface area contributed by atoms with Crippen LogP contribution in [0.2, 0.25) is 0 Å². The summed E-state index contributed by atoms with van der Waals surface area (Å²) >= 11 is 0. The van der Waals surface area contributed by atoms with Crippen molar-refractivity contribution in [2.75, 3.05) is 6.61 Å². The van der Waals surface area contributed by atoms with Gasteiger partial charge in [0.25, 0.3) is 0 Å². The van der Waals surface area contributed by atoms with Gasteiger partial charge in [-0.15, -0.1) is 0 Å². The standard InChI is InChI=1S/C18H27NO/c1-4-20-17-12-16(18(17)10-7-11-18)19-14(3)15-9-6-5-8-13(15)2/h5-6,8-9,14,16-17,19H,4,7,10-12H2,1-3H3. The molecule has 1 aromatic carbocycles. The molecule has 0 aliphatic heterocycles. The Labute approximate surface area is 122 Å². The summed E-state index contributed by atoms with van der Waals surface area (Å²) in [6, 6.07) is 9.79. The van der Waals surface area contributed by atoms with Gasteiger partial charge in [0.15, 0.2) is 0 Å². The maximum absolute atomic E-state index is 5.94. The molecule has 1 aromatic rings. The second-order valence-corrected chi connectivity index (χ2v) is 6.56. The van der Waals surface area contributed by atoms with Crippen molar-refractivity contribution in [1.29, 1.82) is 0 Å². The zero-order valence-corrected chi connectivity index (χ0v) is 13.0. The lowest BCUT2D eigenvalue weighted by molar-refractivity contribution is -0.174. The molecule has 2 heteroatoms. The van der Waals surface area contributed by atoms with Gasteiger partial charge in [-0.3, -0.25) is 0 Å². The van der Waals surface area contributed by atoms with Crippen molar-refractivity contribution >= 4 is 0 Å². The molecule has 0 aromatic heterocycles. The van der Waals surface area contributed by atoms with Crippen molar-refractivity contribution in [3.63, 3.8) is 0 Å². The van der Waals surface area contributed by atoms with Gasteiger partial charge in [-0.25, -0.2) is 0 Å². The topological polar surface area (TPSA) is 21.3 Å². The summed E-state index contributed by atoms with van der Waals surface area (Å²) in [5.74, 6) is 0. The fraction of sp³-hybridized carbons (Fsp3) is 0.667. The summed E-state index contributed by atoms with van der Waals surface area (Å²) in [6.07, 6.45) is 5.75. The molecule has 2 aliphatic carbocycles. The molecule has 2 nitrogen and oxygen atoms in total. The van der Waals surface area contributed by atoms with Gasteiger partial charge in [0.2, 0.25) is 0 Å². The molecule has 1 spiro atoms. The molecule has 110 valence electrons. The highest BCUT2D eigenvalue weighted by atomic mass is 16.5. The number of rotatable bonds is 5. The monoisotopic (exact) mass is 273 g/mol. The SMILES string of the molecule is CCOC1CC(NC(C)c2ccccc2C)C12CCC2. The molecule has 2 fully saturated rings. The molecular weight excluding hydrogens is 246 g/mol. The van der Waals surface area contributed by atoms with Crippen LogP contribution in [0.5, 0.6) is 0 Å². The molecule has 0 heterocycles. The van der Waals surface area contributed by atoms with E-state index in [0.717, 1.165) is 6.61 Å². The van der Waals surface area contributed by atoms with Crippen molar-refractivity contribution in [3.05, 3.63) is 35.4 Å². The highest BCUT2D eigenvalue weighted by Gasteiger charge is 2.58. The number of hydrogen-bond acceptors (Lipinski definition) is 2. The summed E-state index contributed by atoms with van der Waals surface area (Å²) in [5, 5.41) is 3.87. The quantitative estimate of drug-likeness (QED) is 0.875. The molecule has 2 aliphatic rings. The third-order valence-corrected chi connectivity index (χ3v) is 5.54. The van der Waals surface area contributed by atoms with Gasteiger partial charge in [-0.1, -0.05) is 30.7 Å². The first kappa shape index (κ1) is 14.1. The van der Waals surface area contributed by atoms with E-state index in [0.29, 0.717) is 23.6 Å². The fourth-order valence-electron chi connectivity index (χ4n) is 4.14. The molecule has 1 N–H and O–H groups in total. The van der Waals surface area contributed by atoms with Gasteiger partial charge in [0.05, 0.1) is 6.10 Å². The Kier molecular flexibility index (Phi) is 3.87. The van der Waals surface area contributed by atoms with Crippen LogP contribution in [0, 0.1) is 12.3 Å². The predicted octanol–water partition coefficient (Wildman–Crippen LogP) is 3.99.